The van der Waals surface area contributed by atoms with E-state index in [2.05, 4.69) is 40.6 Å². The Labute approximate surface area is 218 Å². The molecule has 180 valence electrons. The molecule has 0 spiro atoms. The molecule has 0 saturated heterocycles. The molecule has 4 rings (SSSR count). The summed E-state index contributed by atoms with van der Waals surface area (Å²) < 4.78 is 7.38. The molecule has 35 heavy (non-hydrogen) atoms. The standard InChI is InChI=1S/C26H24Cl2N4O2S/c1-18-6-5-9-20(12-18)17-35-26-31-30-24(32(26)23-11-10-21(27)13-22(23)28)14-29-25(33)16-34-15-19-7-3-2-4-8-19/h2-13H,14-17H2,1H3,(H,29,33). The van der Waals surface area contributed by atoms with Crippen molar-refractivity contribution < 1.29 is 9.53 Å². The number of ether oxygens (including phenoxy) is 1. The van der Waals surface area contributed by atoms with Crippen molar-refractivity contribution in [2.45, 2.75) is 31.0 Å². The molecule has 0 bridgehead atoms. The molecule has 0 radical (unpaired) electrons. The first-order chi connectivity index (χ1) is 17.0. The summed E-state index contributed by atoms with van der Waals surface area (Å²) in [7, 11) is 0. The first kappa shape index (κ1) is 25.3. The van der Waals surface area contributed by atoms with Crippen molar-refractivity contribution in [2.24, 2.45) is 0 Å². The number of rotatable bonds is 10. The van der Waals surface area contributed by atoms with Crippen LogP contribution in [0.4, 0.5) is 0 Å². The van der Waals surface area contributed by atoms with Gasteiger partial charge in [0.25, 0.3) is 0 Å². The van der Waals surface area contributed by atoms with E-state index in [1.54, 1.807) is 23.9 Å². The van der Waals surface area contributed by atoms with Gasteiger partial charge in [-0.3, -0.25) is 9.36 Å². The van der Waals surface area contributed by atoms with Crippen molar-refractivity contribution in [3.8, 4) is 5.69 Å². The summed E-state index contributed by atoms with van der Waals surface area (Å²) in [5, 5.41) is 13.2. The highest BCUT2D eigenvalue weighted by atomic mass is 35.5. The number of aryl methyl sites for hydroxylation is 1. The lowest BCUT2D eigenvalue weighted by atomic mass is 10.2. The predicted octanol–water partition coefficient (Wildman–Crippen LogP) is 6.01. The number of nitrogens with zero attached hydrogens (tertiary/aromatic N) is 3. The molecule has 1 heterocycles. The van der Waals surface area contributed by atoms with E-state index in [0.29, 0.717) is 39.1 Å². The van der Waals surface area contributed by atoms with Gasteiger partial charge in [0.2, 0.25) is 5.91 Å². The van der Waals surface area contributed by atoms with E-state index >= 15 is 0 Å². The Morgan fingerprint density at radius 3 is 2.57 bits per heavy atom. The molecule has 0 aliphatic carbocycles. The largest absolute Gasteiger partial charge is 0.367 e. The summed E-state index contributed by atoms with van der Waals surface area (Å²) >= 11 is 14.2. The van der Waals surface area contributed by atoms with Crippen molar-refractivity contribution in [3.05, 3.63) is 105 Å². The number of thioether (sulfide) groups is 1. The number of nitrogens with one attached hydrogen (secondary N) is 1. The fourth-order valence-corrected chi connectivity index (χ4v) is 4.83. The van der Waals surface area contributed by atoms with E-state index in [1.807, 2.05) is 47.0 Å². The Bertz CT molecular complexity index is 1300. The van der Waals surface area contributed by atoms with Crippen LogP contribution in [0.2, 0.25) is 10.0 Å². The maximum Gasteiger partial charge on any atom is 0.246 e. The molecule has 0 atom stereocenters. The third-order valence-electron chi connectivity index (χ3n) is 5.09. The summed E-state index contributed by atoms with van der Waals surface area (Å²) in [6.07, 6.45) is 0. The normalized spacial score (nSPS) is 10.9. The van der Waals surface area contributed by atoms with Gasteiger partial charge in [-0.15, -0.1) is 10.2 Å². The molecule has 3 aromatic carbocycles. The minimum atomic E-state index is -0.244. The lowest BCUT2D eigenvalue weighted by molar-refractivity contribution is -0.126. The minimum Gasteiger partial charge on any atom is -0.367 e. The Balaban J connectivity index is 1.46. The molecule has 0 aliphatic heterocycles. The lowest BCUT2D eigenvalue weighted by Crippen LogP contribution is -2.28. The van der Waals surface area contributed by atoms with Gasteiger partial charge in [-0.25, -0.2) is 0 Å². The number of hydrogen-bond acceptors (Lipinski definition) is 5. The maximum absolute atomic E-state index is 12.4. The molecule has 1 N–H and O–H groups in total. The number of benzene rings is 3. The number of aromatic nitrogens is 3. The van der Waals surface area contributed by atoms with Crippen molar-refractivity contribution in [2.75, 3.05) is 6.61 Å². The van der Waals surface area contributed by atoms with E-state index in [9.17, 15) is 4.79 Å². The van der Waals surface area contributed by atoms with Crippen molar-refractivity contribution in [1.29, 1.82) is 0 Å². The molecule has 6 nitrogen and oxygen atoms in total. The molecule has 0 fully saturated rings. The average Bonchev–Trinajstić information content (AvgIpc) is 3.25. The summed E-state index contributed by atoms with van der Waals surface area (Å²) in [4.78, 5) is 12.4. The highest BCUT2D eigenvalue weighted by molar-refractivity contribution is 7.98. The molecule has 0 aliphatic rings. The topological polar surface area (TPSA) is 69.0 Å². The second-order valence-corrected chi connectivity index (χ2v) is 9.65. The molecule has 1 aromatic heterocycles. The lowest BCUT2D eigenvalue weighted by Gasteiger charge is -2.13. The van der Waals surface area contributed by atoms with Crippen LogP contribution in [0.25, 0.3) is 5.69 Å². The van der Waals surface area contributed by atoms with E-state index in [0.717, 1.165) is 5.56 Å². The first-order valence-corrected chi connectivity index (χ1v) is 12.7. The SMILES string of the molecule is Cc1cccc(CSc2nnc(CNC(=O)COCc3ccccc3)n2-c2ccc(Cl)cc2Cl)c1. The highest BCUT2D eigenvalue weighted by Gasteiger charge is 2.18. The molecular formula is C26H24Cl2N4O2S. The average molecular weight is 527 g/mol. The Hall–Kier alpha value is -2.84. The Morgan fingerprint density at radius 1 is 1.00 bits per heavy atom. The number of halogens is 2. The molecule has 1 amide bonds. The summed E-state index contributed by atoms with van der Waals surface area (Å²) in [5.41, 5.74) is 4.07. The number of carbonyl (C=O) groups is 1. The van der Waals surface area contributed by atoms with E-state index in [-0.39, 0.29) is 19.1 Å². The van der Waals surface area contributed by atoms with Crippen LogP contribution < -0.4 is 5.32 Å². The van der Waals surface area contributed by atoms with Crippen molar-refractivity contribution in [1.82, 2.24) is 20.1 Å². The summed E-state index contributed by atoms with van der Waals surface area (Å²) in [6.45, 7) is 2.54. The maximum atomic E-state index is 12.4. The summed E-state index contributed by atoms with van der Waals surface area (Å²) in [5.74, 6) is 1.02. The molecule has 9 heteroatoms. The van der Waals surface area contributed by atoms with Crippen molar-refractivity contribution in [3.63, 3.8) is 0 Å². The van der Waals surface area contributed by atoms with E-state index < -0.39 is 0 Å². The number of carbonyl (C=O) groups excluding carboxylic acids is 1. The van der Waals surface area contributed by atoms with Crippen LogP contribution in [0.15, 0.2) is 78.0 Å². The molecule has 0 saturated carbocycles. The number of amides is 1. The first-order valence-electron chi connectivity index (χ1n) is 11.0. The van der Waals surface area contributed by atoms with Crippen LogP contribution in [0.1, 0.15) is 22.5 Å². The van der Waals surface area contributed by atoms with Gasteiger partial charge < -0.3 is 10.1 Å². The Kier molecular flexibility index (Phi) is 8.82. The smallest absolute Gasteiger partial charge is 0.246 e. The van der Waals surface area contributed by atoms with Crippen LogP contribution in [0.5, 0.6) is 0 Å². The van der Waals surface area contributed by atoms with Gasteiger partial charge >= 0.3 is 0 Å². The third kappa shape index (κ3) is 7.08. The molecule has 0 unspecified atom stereocenters. The second-order valence-electron chi connectivity index (χ2n) is 7.86. The minimum absolute atomic E-state index is 0.0559. The summed E-state index contributed by atoms with van der Waals surface area (Å²) in [6, 6.07) is 23.3. The zero-order valence-electron chi connectivity index (χ0n) is 19.1. The molecule has 4 aromatic rings. The van der Waals surface area contributed by atoms with Gasteiger partial charge in [0, 0.05) is 10.8 Å². The van der Waals surface area contributed by atoms with Gasteiger partial charge in [-0.1, -0.05) is 95.1 Å². The van der Waals surface area contributed by atoms with E-state index in [4.69, 9.17) is 27.9 Å². The van der Waals surface area contributed by atoms with E-state index in [1.165, 1.54) is 11.1 Å². The fraction of sp³-hybridized carbons (Fsp3) is 0.192. The van der Waals surface area contributed by atoms with Crippen LogP contribution >= 0.6 is 35.0 Å². The third-order valence-corrected chi connectivity index (χ3v) is 6.63. The van der Waals surface area contributed by atoms with Gasteiger partial charge in [-0.05, 0) is 36.2 Å². The van der Waals surface area contributed by atoms with Crippen LogP contribution in [0.3, 0.4) is 0 Å². The highest BCUT2D eigenvalue weighted by Crippen LogP contribution is 2.30. The van der Waals surface area contributed by atoms with Crippen LogP contribution in [-0.2, 0) is 28.4 Å². The predicted molar refractivity (Wildman–Crippen MR) is 140 cm³/mol. The molecular weight excluding hydrogens is 503 g/mol. The number of hydrogen-bond donors (Lipinski definition) is 1. The monoisotopic (exact) mass is 526 g/mol. The van der Waals surface area contributed by atoms with Gasteiger partial charge in [0.05, 0.1) is 23.9 Å². The van der Waals surface area contributed by atoms with Crippen LogP contribution in [-0.4, -0.2) is 27.3 Å². The zero-order chi connectivity index (χ0) is 24.6. The quantitative estimate of drug-likeness (QED) is 0.256. The zero-order valence-corrected chi connectivity index (χ0v) is 21.4. The fourth-order valence-electron chi connectivity index (χ4n) is 3.43. The second kappa shape index (κ2) is 12.2. The van der Waals surface area contributed by atoms with Gasteiger partial charge in [0.15, 0.2) is 11.0 Å². The van der Waals surface area contributed by atoms with Crippen LogP contribution in [0, 0.1) is 6.92 Å². The Morgan fingerprint density at radius 2 is 1.80 bits per heavy atom. The van der Waals surface area contributed by atoms with Gasteiger partial charge in [0.1, 0.15) is 6.61 Å². The van der Waals surface area contributed by atoms with Gasteiger partial charge in [-0.2, -0.15) is 0 Å². The van der Waals surface area contributed by atoms with Crippen molar-refractivity contribution >= 4 is 40.9 Å².